The minimum Gasteiger partial charge on any atom is -0.482 e. The highest BCUT2D eigenvalue weighted by atomic mass is 16.6. The first kappa shape index (κ1) is 21.0. The number of carbonyl (C=O) groups excluding carboxylic acids is 3. The molecular weight excluding hydrogens is 362 g/mol. The Morgan fingerprint density at radius 3 is 2.25 bits per heavy atom. The van der Waals surface area contributed by atoms with Crippen LogP contribution in [0.25, 0.3) is 0 Å². The Bertz CT molecular complexity index is 870. The van der Waals surface area contributed by atoms with Gasteiger partial charge in [-0.05, 0) is 61.7 Å². The molecule has 148 valence electrons. The molecule has 0 heterocycles. The Balaban J connectivity index is 1.85. The maximum Gasteiger partial charge on any atom is 0.344 e. The van der Waals surface area contributed by atoms with Crippen molar-refractivity contribution in [2.75, 3.05) is 25.6 Å². The molecule has 1 amide bonds. The van der Waals surface area contributed by atoms with Gasteiger partial charge in [-0.3, -0.25) is 4.79 Å². The summed E-state index contributed by atoms with van der Waals surface area (Å²) in [6.45, 7) is 4.88. The monoisotopic (exact) mass is 385 g/mol. The highest BCUT2D eigenvalue weighted by molar-refractivity contribution is 5.96. The minimum absolute atomic E-state index is 0.299. The number of rotatable bonds is 7. The summed E-state index contributed by atoms with van der Waals surface area (Å²) < 4.78 is 15.0. The standard InChI is InChI=1S/C21H23NO6/c1-13-7-14(2)9-17(8-13)27-12-20(24)28-11-19(23)22-18-10-16(21(25)26-4)6-5-15(18)3/h5-10H,11-12H2,1-4H3,(H,22,23). The van der Waals surface area contributed by atoms with Gasteiger partial charge in [-0.15, -0.1) is 0 Å². The molecule has 7 heteroatoms. The molecule has 7 nitrogen and oxygen atoms in total. The van der Waals surface area contributed by atoms with Gasteiger partial charge in [0, 0.05) is 5.69 Å². The van der Waals surface area contributed by atoms with Gasteiger partial charge in [0.1, 0.15) is 5.75 Å². The van der Waals surface area contributed by atoms with Gasteiger partial charge in [0.2, 0.25) is 0 Å². The quantitative estimate of drug-likeness (QED) is 0.737. The van der Waals surface area contributed by atoms with Gasteiger partial charge >= 0.3 is 11.9 Å². The highest BCUT2D eigenvalue weighted by Gasteiger charge is 2.12. The van der Waals surface area contributed by atoms with Gasteiger partial charge in [0.15, 0.2) is 13.2 Å². The first-order valence-electron chi connectivity index (χ1n) is 8.64. The molecule has 0 spiro atoms. The van der Waals surface area contributed by atoms with E-state index in [2.05, 4.69) is 10.1 Å². The molecular formula is C21H23NO6. The predicted octanol–water partition coefficient (Wildman–Crippen LogP) is 2.96. The van der Waals surface area contributed by atoms with Crippen LogP contribution in [0, 0.1) is 20.8 Å². The lowest BCUT2D eigenvalue weighted by Gasteiger charge is -2.11. The normalized spacial score (nSPS) is 10.1. The molecule has 0 aliphatic carbocycles. The summed E-state index contributed by atoms with van der Waals surface area (Å²) in [5.41, 5.74) is 3.54. The second-order valence-electron chi connectivity index (χ2n) is 6.34. The van der Waals surface area contributed by atoms with Crippen LogP contribution < -0.4 is 10.1 Å². The Morgan fingerprint density at radius 1 is 0.929 bits per heavy atom. The van der Waals surface area contributed by atoms with Crippen LogP contribution >= 0.6 is 0 Å². The number of amides is 1. The smallest absolute Gasteiger partial charge is 0.344 e. The van der Waals surface area contributed by atoms with Crippen LogP contribution in [0.15, 0.2) is 36.4 Å². The number of esters is 2. The molecule has 0 bridgehead atoms. The molecule has 0 aromatic heterocycles. The molecule has 2 aromatic rings. The third-order valence-electron chi connectivity index (χ3n) is 3.85. The van der Waals surface area contributed by atoms with Crippen LogP contribution in [0.1, 0.15) is 27.0 Å². The summed E-state index contributed by atoms with van der Waals surface area (Å²) in [7, 11) is 1.28. The highest BCUT2D eigenvalue weighted by Crippen LogP contribution is 2.18. The average molecular weight is 385 g/mol. The SMILES string of the molecule is COC(=O)c1ccc(C)c(NC(=O)COC(=O)COc2cc(C)cc(C)c2)c1. The first-order valence-corrected chi connectivity index (χ1v) is 8.64. The van der Waals surface area contributed by atoms with Gasteiger partial charge in [-0.1, -0.05) is 12.1 Å². The number of ether oxygens (including phenoxy) is 3. The Kier molecular flexibility index (Phi) is 7.14. The fourth-order valence-corrected chi connectivity index (χ4v) is 2.53. The number of aryl methyl sites for hydroxylation is 3. The number of nitrogens with one attached hydrogen (secondary N) is 1. The van der Waals surface area contributed by atoms with Crippen molar-refractivity contribution in [1.29, 1.82) is 0 Å². The fraction of sp³-hybridized carbons (Fsp3) is 0.286. The molecule has 0 atom stereocenters. The number of benzene rings is 2. The summed E-state index contributed by atoms with van der Waals surface area (Å²) in [5, 5.41) is 2.61. The minimum atomic E-state index is -0.658. The van der Waals surface area contributed by atoms with E-state index in [1.54, 1.807) is 19.1 Å². The number of hydrogen-bond donors (Lipinski definition) is 1. The zero-order valence-electron chi connectivity index (χ0n) is 16.3. The Morgan fingerprint density at radius 2 is 1.61 bits per heavy atom. The molecule has 0 aliphatic rings. The van der Waals surface area contributed by atoms with Crippen molar-refractivity contribution in [2.24, 2.45) is 0 Å². The number of hydrogen-bond acceptors (Lipinski definition) is 6. The van der Waals surface area contributed by atoms with Gasteiger partial charge < -0.3 is 19.5 Å². The molecule has 2 aromatic carbocycles. The zero-order valence-corrected chi connectivity index (χ0v) is 16.3. The van der Waals surface area contributed by atoms with Crippen LogP contribution in [0.2, 0.25) is 0 Å². The van der Waals surface area contributed by atoms with E-state index in [0.717, 1.165) is 16.7 Å². The first-order chi connectivity index (χ1) is 13.3. The van der Waals surface area contributed by atoms with E-state index in [-0.39, 0.29) is 6.61 Å². The molecule has 1 N–H and O–H groups in total. The van der Waals surface area contributed by atoms with E-state index in [1.807, 2.05) is 32.0 Å². The molecule has 2 rings (SSSR count). The van der Waals surface area contributed by atoms with Crippen LogP contribution in [0.5, 0.6) is 5.75 Å². The van der Waals surface area contributed by atoms with Crippen LogP contribution in [0.3, 0.4) is 0 Å². The number of methoxy groups -OCH3 is 1. The van der Waals surface area contributed by atoms with E-state index in [0.29, 0.717) is 17.0 Å². The summed E-state index contributed by atoms with van der Waals surface area (Å²) in [4.78, 5) is 35.4. The molecule has 0 aliphatic heterocycles. The van der Waals surface area contributed by atoms with Crippen molar-refractivity contribution in [2.45, 2.75) is 20.8 Å². The van der Waals surface area contributed by atoms with Gasteiger partial charge in [0.25, 0.3) is 5.91 Å². The molecule has 0 saturated carbocycles. The zero-order chi connectivity index (χ0) is 20.7. The third kappa shape index (κ3) is 6.12. The molecule has 0 unspecified atom stereocenters. The molecule has 0 radical (unpaired) electrons. The van der Waals surface area contributed by atoms with Crippen LogP contribution in [-0.2, 0) is 19.1 Å². The predicted molar refractivity (Wildman–Crippen MR) is 104 cm³/mol. The van der Waals surface area contributed by atoms with Crippen molar-refractivity contribution in [3.05, 3.63) is 58.7 Å². The molecule has 28 heavy (non-hydrogen) atoms. The van der Waals surface area contributed by atoms with E-state index in [4.69, 9.17) is 9.47 Å². The van der Waals surface area contributed by atoms with Crippen molar-refractivity contribution in [3.8, 4) is 5.75 Å². The Labute approximate surface area is 163 Å². The summed E-state index contributed by atoms with van der Waals surface area (Å²) in [5.74, 6) is -1.13. The second kappa shape index (κ2) is 9.55. The third-order valence-corrected chi connectivity index (χ3v) is 3.85. The molecule has 0 fully saturated rings. The van der Waals surface area contributed by atoms with Crippen molar-refractivity contribution in [1.82, 2.24) is 0 Å². The molecule has 0 saturated heterocycles. The lowest BCUT2D eigenvalue weighted by Crippen LogP contribution is -2.24. The largest absolute Gasteiger partial charge is 0.482 e. The summed E-state index contributed by atoms with van der Waals surface area (Å²) >= 11 is 0. The lowest BCUT2D eigenvalue weighted by atomic mass is 10.1. The van der Waals surface area contributed by atoms with E-state index in [9.17, 15) is 14.4 Å². The van der Waals surface area contributed by atoms with E-state index < -0.39 is 24.5 Å². The van der Waals surface area contributed by atoms with Crippen LogP contribution in [0.4, 0.5) is 5.69 Å². The fourth-order valence-electron chi connectivity index (χ4n) is 2.53. The van der Waals surface area contributed by atoms with Crippen molar-refractivity contribution in [3.63, 3.8) is 0 Å². The lowest BCUT2D eigenvalue weighted by molar-refractivity contribution is -0.149. The van der Waals surface area contributed by atoms with E-state index >= 15 is 0 Å². The maximum atomic E-state index is 12.0. The van der Waals surface area contributed by atoms with Gasteiger partial charge in [-0.2, -0.15) is 0 Å². The Hall–Kier alpha value is -3.35. The number of carbonyl (C=O) groups is 3. The summed E-state index contributed by atoms with van der Waals surface area (Å²) in [6.07, 6.45) is 0. The van der Waals surface area contributed by atoms with E-state index in [1.165, 1.54) is 13.2 Å². The van der Waals surface area contributed by atoms with Crippen molar-refractivity contribution >= 4 is 23.5 Å². The topological polar surface area (TPSA) is 90.9 Å². The summed E-state index contributed by atoms with van der Waals surface area (Å²) in [6, 6.07) is 10.4. The number of anilines is 1. The second-order valence-corrected chi connectivity index (χ2v) is 6.34. The van der Waals surface area contributed by atoms with Crippen LogP contribution in [-0.4, -0.2) is 38.2 Å². The van der Waals surface area contributed by atoms with Gasteiger partial charge in [-0.25, -0.2) is 9.59 Å². The maximum absolute atomic E-state index is 12.0. The van der Waals surface area contributed by atoms with Gasteiger partial charge in [0.05, 0.1) is 12.7 Å². The van der Waals surface area contributed by atoms with Crippen molar-refractivity contribution < 1.29 is 28.6 Å². The average Bonchev–Trinajstić information content (AvgIpc) is 2.65.